The third kappa shape index (κ3) is 5.72. The number of aromatic nitrogens is 2. The second-order valence-corrected chi connectivity index (χ2v) is 8.59. The molecule has 11 heteroatoms. The van der Waals surface area contributed by atoms with E-state index in [0.29, 0.717) is 22.6 Å². The fraction of sp³-hybridized carbons (Fsp3) is 0.684. The van der Waals surface area contributed by atoms with Crippen LogP contribution < -0.4 is 15.8 Å². The van der Waals surface area contributed by atoms with Gasteiger partial charge in [0.2, 0.25) is 18.1 Å². The molecule has 1 unspecified atom stereocenters. The lowest BCUT2D eigenvalue weighted by atomic mass is 9.92. The highest BCUT2D eigenvalue weighted by molar-refractivity contribution is 7.98. The molecule has 1 aromatic rings. The van der Waals surface area contributed by atoms with Gasteiger partial charge in [0.05, 0.1) is 12.5 Å². The van der Waals surface area contributed by atoms with Crippen LogP contribution in [0.3, 0.4) is 0 Å². The molecule has 2 aliphatic rings. The highest BCUT2D eigenvalue weighted by Crippen LogP contribution is 2.31. The van der Waals surface area contributed by atoms with Crippen LogP contribution in [0.15, 0.2) is 5.16 Å². The number of hydroxylamine groups is 2. The number of carbonyl (C=O) groups excluding carboxylic acids is 2. The van der Waals surface area contributed by atoms with Crippen molar-refractivity contribution in [3.63, 3.8) is 0 Å². The number of nitrogens with one attached hydrogen (secondary N) is 2. The minimum Gasteiger partial charge on any atom is -0.354 e. The topological polar surface area (TPSA) is 111 Å². The van der Waals surface area contributed by atoms with Gasteiger partial charge in [-0.3, -0.25) is 25.6 Å². The number of thioether (sulfide) groups is 1. The van der Waals surface area contributed by atoms with E-state index >= 15 is 4.39 Å². The lowest BCUT2D eigenvalue weighted by molar-refractivity contribution is -0.154. The van der Waals surface area contributed by atoms with Crippen molar-refractivity contribution in [3.05, 3.63) is 5.82 Å². The Hall–Kier alpha value is -2.14. The Labute approximate surface area is 179 Å². The van der Waals surface area contributed by atoms with Gasteiger partial charge in [0.1, 0.15) is 0 Å². The van der Waals surface area contributed by atoms with Crippen LogP contribution in [0.4, 0.5) is 16.0 Å². The van der Waals surface area contributed by atoms with Crippen LogP contribution in [0, 0.1) is 17.7 Å². The molecule has 0 bridgehead atoms. The van der Waals surface area contributed by atoms with Gasteiger partial charge in [0.25, 0.3) is 0 Å². The fourth-order valence-electron chi connectivity index (χ4n) is 4.13. The molecule has 9 nitrogen and oxygen atoms in total. The van der Waals surface area contributed by atoms with Gasteiger partial charge in [-0.25, -0.2) is 15.0 Å². The van der Waals surface area contributed by atoms with Crippen LogP contribution in [0.25, 0.3) is 0 Å². The number of hydrogen-bond acceptors (Lipinski definition) is 8. The van der Waals surface area contributed by atoms with Gasteiger partial charge < -0.3 is 4.90 Å². The third-order valence-corrected chi connectivity index (χ3v) is 6.25. The zero-order valence-corrected chi connectivity index (χ0v) is 18.0. The number of hydrogen-bond donors (Lipinski definition) is 3. The maximum Gasteiger partial charge on any atom is 0.243 e. The fourth-order valence-corrected chi connectivity index (χ4v) is 4.49. The van der Waals surface area contributed by atoms with Gasteiger partial charge in [0, 0.05) is 13.1 Å². The molecule has 0 aromatic carbocycles. The Bertz CT molecular complexity index is 743. The molecule has 3 rings (SSSR count). The van der Waals surface area contributed by atoms with Crippen LogP contribution in [0.2, 0.25) is 0 Å². The maximum atomic E-state index is 15.0. The summed E-state index contributed by atoms with van der Waals surface area (Å²) in [4.78, 5) is 33.9. The molecule has 1 saturated carbocycles. The van der Waals surface area contributed by atoms with Gasteiger partial charge >= 0.3 is 0 Å². The van der Waals surface area contributed by atoms with Crippen molar-refractivity contribution in [2.75, 3.05) is 36.2 Å². The Kier molecular flexibility index (Phi) is 8.08. The number of anilines is 2. The van der Waals surface area contributed by atoms with E-state index in [9.17, 15) is 14.8 Å². The Morgan fingerprint density at radius 2 is 2.03 bits per heavy atom. The second-order valence-electron chi connectivity index (χ2n) is 7.82. The molecule has 2 heterocycles. The highest BCUT2D eigenvalue weighted by Gasteiger charge is 2.28. The van der Waals surface area contributed by atoms with Crippen molar-refractivity contribution in [1.29, 1.82) is 0 Å². The van der Waals surface area contributed by atoms with E-state index in [0.717, 1.165) is 51.6 Å². The first-order chi connectivity index (χ1) is 14.5. The van der Waals surface area contributed by atoms with E-state index in [4.69, 9.17) is 0 Å². The van der Waals surface area contributed by atoms with Gasteiger partial charge in [-0.15, -0.1) is 0 Å². The van der Waals surface area contributed by atoms with E-state index in [1.54, 1.807) is 6.26 Å². The van der Waals surface area contributed by atoms with Gasteiger partial charge in [0.15, 0.2) is 16.8 Å². The summed E-state index contributed by atoms with van der Waals surface area (Å²) in [5.74, 6) is -1.14. The van der Waals surface area contributed by atoms with Crippen LogP contribution in [-0.4, -0.2) is 58.4 Å². The number of rotatable bonds is 10. The molecule has 1 atom stereocenters. The summed E-state index contributed by atoms with van der Waals surface area (Å²) < 4.78 is 15.0. The Morgan fingerprint density at radius 1 is 1.33 bits per heavy atom. The predicted octanol–water partition coefficient (Wildman–Crippen LogP) is 2.43. The van der Waals surface area contributed by atoms with Crippen LogP contribution in [-0.2, 0) is 9.59 Å². The van der Waals surface area contributed by atoms with Crippen molar-refractivity contribution < 1.29 is 19.2 Å². The van der Waals surface area contributed by atoms with E-state index in [1.165, 1.54) is 11.8 Å². The molecule has 2 fully saturated rings. The number of amides is 2. The van der Waals surface area contributed by atoms with E-state index < -0.39 is 17.6 Å². The Balaban J connectivity index is 1.70. The molecule has 1 aliphatic heterocycles. The van der Waals surface area contributed by atoms with E-state index in [1.807, 2.05) is 4.90 Å². The lowest BCUT2D eigenvalue weighted by Gasteiger charge is -2.23. The number of carbonyl (C=O) groups is 2. The first-order valence-electron chi connectivity index (χ1n) is 10.3. The highest BCUT2D eigenvalue weighted by atomic mass is 32.2. The molecule has 166 valence electrons. The molecule has 1 aromatic heterocycles. The second kappa shape index (κ2) is 10.8. The number of nitrogens with zero attached hydrogens (tertiary/aromatic N) is 4. The Morgan fingerprint density at radius 3 is 2.67 bits per heavy atom. The van der Waals surface area contributed by atoms with Crippen molar-refractivity contribution in [3.8, 4) is 0 Å². The standard InChI is InChI=1S/C19H29FN6O3S/c1-30-19-21-16(15(20)17(22-19)25-8-4-5-9-25)23-24-18(28)14(11-26(29)12-27)10-13-6-2-3-7-13/h12-14,29H,2-11H2,1H3,(H,24,28)(H,21,22,23). The van der Waals surface area contributed by atoms with Crippen molar-refractivity contribution in [2.45, 2.75) is 50.1 Å². The summed E-state index contributed by atoms with van der Waals surface area (Å²) in [5, 5.41) is 10.5. The predicted molar refractivity (Wildman–Crippen MR) is 112 cm³/mol. The molecule has 0 spiro atoms. The molecule has 30 heavy (non-hydrogen) atoms. The zero-order chi connectivity index (χ0) is 21.5. The molecule has 3 N–H and O–H groups in total. The van der Waals surface area contributed by atoms with Gasteiger partial charge in [-0.2, -0.15) is 4.39 Å². The maximum absolute atomic E-state index is 15.0. The zero-order valence-electron chi connectivity index (χ0n) is 17.1. The summed E-state index contributed by atoms with van der Waals surface area (Å²) in [6.45, 7) is 1.35. The monoisotopic (exact) mass is 440 g/mol. The van der Waals surface area contributed by atoms with Crippen molar-refractivity contribution in [1.82, 2.24) is 20.5 Å². The van der Waals surface area contributed by atoms with Crippen LogP contribution in [0.1, 0.15) is 44.9 Å². The van der Waals surface area contributed by atoms with E-state index in [-0.39, 0.29) is 24.6 Å². The van der Waals surface area contributed by atoms with Crippen LogP contribution >= 0.6 is 11.8 Å². The normalized spacial score (nSPS) is 17.8. The van der Waals surface area contributed by atoms with Crippen molar-refractivity contribution in [2.24, 2.45) is 11.8 Å². The molecular weight excluding hydrogens is 411 g/mol. The average molecular weight is 441 g/mol. The summed E-state index contributed by atoms with van der Waals surface area (Å²) in [6, 6.07) is 0. The summed E-state index contributed by atoms with van der Waals surface area (Å²) in [7, 11) is 0. The summed E-state index contributed by atoms with van der Waals surface area (Å²) >= 11 is 1.29. The third-order valence-electron chi connectivity index (χ3n) is 5.70. The largest absolute Gasteiger partial charge is 0.354 e. The summed E-state index contributed by atoms with van der Waals surface area (Å²) in [5.41, 5.74) is 5.11. The van der Waals surface area contributed by atoms with Gasteiger partial charge in [-0.1, -0.05) is 37.4 Å². The molecule has 1 saturated heterocycles. The molecule has 2 amide bonds. The molecular formula is C19H29FN6O3S. The number of halogens is 1. The minimum absolute atomic E-state index is 0.0968. The minimum atomic E-state index is -0.612. The SMILES string of the molecule is CSc1nc(NNC(=O)C(CC2CCCC2)CN(O)C=O)c(F)c(N2CCCC2)n1. The molecule has 1 aliphatic carbocycles. The van der Waals surface area contributed by atoms with Crippen LogP contribution in [0.5, 0.6) is 0 Å². The molecule has 0 radical (unpaired) electrons. The van der Waals surface area contributed by atoms with Crippen molar-refractivity contribution >= 4 is 35.7 Å². The number of hydrazine groups is 1. The first-order valence-corrected chi connectivity index (χ1v) is 11.6. The van der Waals surface area contributed by atoms with Gasteiger partial charge in [-0.05, 0) is 31.4 Å². The summed E-state index contributed by atoms with van der Waals surface area (Å²) in [6.07, 6.45) is 8.90. The smallest absolute Gasteiger partial charge is 0.243 e. The average Bonchev–Trinajstić information content (AvgIpc) is 3.46. The van der Waals surface area contributed by atoms with E-state index in [2.05, 4.69) is 20.8 Å². The first kappa shape index (κ1) is 22.5. The quantitative estimate of drug-likeness (QED) is 0.167. The lowest BCUT2D eigenvalue weighted by Crippen LogP contribution is -2.41.